The number of carbonyl (C=O) groups is 1. The number of hydrogen-bond donors (Lipinski definition) is 1. The van der Waals surface area contributed by atoms with E-state index in [9.17, 15) is 9.90 Å². The monoisotopic (exact) mass is 249 g/mol. The van der Waals surface area contributed by atoms with Crippen molar-refractivity contribution < 1.29 is 14.6 Å². The number of aliphatic hydroxyl groups is 1. The molecule has 1 aliphatic rings. The van der Waals surface area contributed by atoms with Crippen LogP contribution in [-0.4, -0.2) is 42.2 Å². The van der Waals surface area contributed by atoms with Crippen molar-refractivity contribution in [1.82, 2.24) is 4.90 Å². The predicted octanol–water partition coefficient (Wildman–Crippen LogP) is 1.39. The Balaban J connectivity index is 1.94. The zero-order chi connectivity index (χ0) is 13.1. The van der Waals surface area contributed by atoms with Crippen LogP contribution in [0.4, 0.5) is 0 Å². The maximum atomic E-state index is 11.9. The van der Waals surface area contributed by atoms with Crippen LogP contribution >= 0.6 is 0 Å². The van der Waals surface area contributed by atoms with Crippen molar-refractivity contribution in [3.63, 3.8) is 0 Å². The maximum absolute atomic E-state index is 11.9. The van der Waals surface area contributed by atoms with Crippen LogP contribution in [-0.2, 0) is 4.79 Å². The first-order chi connectivity index (χ1) is 8.60. The van der Waals surface area contributed by atoms with Gasteiger partial charge < -0.3 is 14.7 Å². The van der Waals surface area contributed by atoms with E-state index in [4.69, 9.17) is 4.74 Å². The Hall–Kier alpha value is -1.55. The lowest BCUT2D eigenvalue weighted by Gasteiger charge is -2.36. The van der Waals surface area contributed by atoms with E-state index in [1.165, 1.54) is 0 Å². The molecule has 4 nitrogen and oxygen atoms in total. The van der Waals surface area contributed by atoms with E-state index in [1.54, 1.807) is 12.0 Å². The van der Waals surface area contributed by atoms with Crippen LogP contribution in [0.25, 0.3) is 0 Å². The third-order valence-electron chi connectivity index (χ3n) is 3.36. The maximum Gasteiger partial charge on any atom is 0.223 e. The largest absolute Gasteiger partial charge is 0.497 e. The van der Waals surface area contributed by atoms with Crippen molar-refractivity contribution in [2.75, 3.05) is 20.2 Å². The molecule has 98 valence electrons. The summed E-state index contributed by atoms with van der Waals surface area (Å²) in [7, 11) is 1.64. The van der Waals surface area contributed by atoms with Gasteiger partial charge in [0.2, 0.25) is 5.91 Å². The van der Waals surface area contributed by atoms with Gasteiger partial charge in [0.15, 0.2) is 0 Å². The minimum Gasteiger partial charge on any atom is -0.497 e. The van der Waals surface area contributed by atoms with E-state index in [-0.39, 0.29) is 17.9 Å². The molecule has 0 spiro atoms. The second-order valence-corrected chi connectivity index (χ2v) is 4.83. The molecular formula is C14H19NO3. The Bertz CT molecular complexity index is 427. The molecule has 1 amide bonds. The molecule has 0 radical (unpaired) electrons. The molecule has 1 N–H and O–H groups in total. The fourth-order valence-electron chi connectivity index (χ4n) is 2.12. The third-order valence-corrected chi connectivity index (χ3v) is 3.36. The second-order valence-electron chi connectivity index (χ2n) is 4.83. The summed E-state index contributed by atoms with van der Waals surface area (Å²) in [5, 5.41) is 9.18. The number of methoxy groups -OCH3 is 1. The molecule has 1 unspecified atom stereocenters. The first kappa shape index (κ1) is 12.9. The highest BCUT2D eigenvalue weighted by Crippen LogP contribution is 2.24. The molecule has 0 saturated carbocycles. The zero-order valence-electron chi connectivity index (χ0n) is 10.8. The molecule has 4 heteroatoms. The normalized spacial score (nSPS) is 17.2. The molecule has 1 heterocycles. The number of aliphatic hydroxyl groups excluding tert-OH is 1. The van der Waals surface area contributed by atoms with Gasteiger partial charge in [-0.15, -0.1) is 0 Å². The summed E-state index contributed by atoms with van der Waals surface area (Å²) in [5.41, 5.74) is 1.10. The average Bonchev–Trinajstić information content (AvgIpc) is 2.34. The van der Waals surface area contributed by atoms with Crippen molar-refractivity contribution in [2.24, 2.45) is 0 Å². The quantitative estimate of drug-likeness (QED) is 0.877. The van der Waals surface area contributed by atoms with Gasteiger partial charge in [0, 0.05) is 19.5 Å². The lowest BCUT2D eigenvalue weighted by atomic mass is 9.96. The highest BCUT2D eigenvalue weighted by Gasteiger charge is 2.29. The van der Waals surface area contributed by atoms with Gasteiger partial charge in [0.25, 0.3) is 0 Å². The number of amides is 1. The number of hydrogen-bond acceptors (Lipinski definition) is 3. The van der Waals surface area contributed by atoms with Crippen molar-refractivity contribution in [3.05, 3.63) is 29.8 Å². The van der Waals surface area contributed by atoms with Gasteiger partial charge >= 0.3 is 0 Å². The molecule has 1 aromatic rings. The van der Waals surface area contributed by atoms with Crippen LogP contribution in [0.1, 0.15) is 24.8 Å². The van der Waals surface area contributed by atoms with Gasteiger partial charge in [-0.05, 0) is 23.6 Å². The summed E-state index contributed by atoms with van der Waals surface area (Å²) in [6.45, 7) is 2.98. The fraction of sp³-hybridized carbons (Fsp3) is 0.500. The number of carbonyl (C=O) groups excluding carboxylic acids is 1. The number of nitrogens with zero attached hydrogens (tertiary/aromatic N) is 1. The van der Waals surface area contributed by atoms with Crippen molar-refractivity contribution in [3.8, 4) is 5.75 Å². The summed E-state index contributed by atoms with van der Waals surface area (Å²) >= 11 is 0. The van der Waals surface area contributed by atoms with Crippen molar-refractivity contribution in [2.45, 2.75) is 25.4 Å². The number of rotatable bonds is 4. The smallest absolute Gasteiger partial charge is 0.223 e. The predicted molar refractivity (Wildman–Crippen MR) is 68.6 cm³/mol. The topological polar surface area (TPSA) is 49.8 Å². The van der Waals surface area contributed by atoms with E-state index in [1.807, 2.05) is 31.2 Å². The fourth-order valence-corrected chi connectivity index (χ4v) is 2.12. The van der Waals surface area contributed by atoms with E-state index < -0.39 is 0 Å². The summed E-state index contributed by atoms with van der Waals surface area (Å²) in [6.07, 6.45) is 0.140. The lowest BCUT2D eigenvalue weighted by molar-refractivity contribution is -0.141. The molecule has 2 rings (SSSR count). The highest BCUT2D eigenvalue weighted by molar-refractivity contribution is 5.78. The van der Waals surface area contributed by atoms with Gasteiger partial charge in [-0.25, -0.2) is 0 Å². The van der Waals surface area contributed by atoms with Crippen molar-refractivity contribution in [1.29, 1.82) is 0 Å². The molecule has 1 saturated heterocycles. The molecule has 1 aliphatic heterocycles. The number of likely N-dealkylation sites (tertiary alicyclic amines) is 1. The van der Waals surface area contributed by atoms with Crippen LogP contribution in [0, 0.1) is 0 Å². The third kappa shape index (κ3) is 2.82. The molecule has 1 atom stereocenters. The molecule has 0 aliphatic carbocycles. The molecule has 1 fully saturated rings. The first-order valence-electron chi connectivity index (χ1n) is 6.20. The Labute approximate surface area is 107 Å². The van der Waals surface area contributed by atoms with Crippen LogP contribution in [0.15, 0.2) is 24.3 Å². The van der Waals surface area contributed by atoms with E-state index in [0.717, 1.165) is 11.3 Å². The Morgan fingerprint density at radius 3 is 2.89 bits per heavy atom. The number of β-amino-alcohol motifs (C(OH)–C–C–N with tert-alkyl or cyclic N) is 1. The summed E-state index contributed by atoms with van der Waals surface area (Å²) in [4.78, 5) is 13.6. The minimum absolute atomic E-state index is 0.107. The number of ether oxygens (including phenoxy) is 1. The first-order valence-corrected chi connectivity index (χ1v) is 6.20. The molecule has 1 aromatic carbocycles. The van der Waals surface area contributed by atoms with Gasteiger partial charge in [0.05, 0.1) is 13.2 Å². The zero-order valence-corrected chi connectivity index (χ0v) is 10.8. The standard InChI is InChI=1S/C14H19NO3/c1-10(6-14(17)15-8-12(16)9-15)11-4-3-5-13(7-11)18-2/h3-5,7,10,12,16H,6,8-9H2,1-2H3. The van der Waals surface area contributed by atoms with Crippen LogP contribution < -0.4 is 4.74 Å². The second kappa shape index (κ2) is 5.40. The molecule has 0 bridgehead atoms. The van der Waals surface area contributed by atoms with Gasteiger partial charge in [0.1, 0.15) is 5.75 Å². The van der Waals surface area contributed by atoms with Gasteiger partial charge in [-0.2, -0.15) is 0 Å². The van der Waals surface area contributed by atoms with E-state index in [0.29, 0.717) is 19.5 Å². The van der Waals surface area contributed by atoms with Crippen molar-refractivity contribution >= 4 is 5.91 Å². The summed E-state index contributed by atoms with van der Waals surface area (Å²) in [6, 6.07) is 7.79. The minimum atomic E-state index is -0.332. The summed E-state index contributed by atoms with van der Waals surface area (Å²) < 4.78 is 5.18. The molecule has 18 heavy (non-hydrogen) atoms. The average molecular weight is 249 g/mol. The number of benzene rings is 1. The summed E-state index contributed by atoms with van der Waals surface area (Å²) in [5.74, 6) is 1.08. The lowest BCUT2D eigenvalue weighted by Crippen LogP contribution is -2.53. The van der Waals surface area contributed by atoms with E-state index in [2.05, 4.69) is 0 Å². The molecular weight excluding hydrogens is 230 g/mol. The Morgan fingerprint density at radius 1 is 1.56 bits per heavy atom. The van der Waals surface area contributed by atoms with Gasteiger partial charge in [-0.1, -0.05) is 19.1 Å². The van der Waals surface area contributed by atoms with Crippen LogP contribution in [0.2, 0.25) is 0 Å². The molecule has 0 aromatic heterocycles. The Morgan fingerprint density at radius 2 is 2.28 bits per heavy atom. The van der Waals surface area contributed by atoms with Crippen LogP contribution in [0.5, 0.6) is 5.75 Å². The van der Waals surface area contributed by atoms with E-state index >= 15 is 0 Å². The van der Waals surface area contributed by atoms with Crippen LogP contribution in [0.3, 0.4) is 0 Å². The Kier molecular flexibility index (Phi) is 3.87. The van der Waals surface area contributed by atoms with Gasteiger partial charge in [-0.3, -0.25) is 4.79 Å². The highest BCUT2D eigenvalue weighted by atomic mass is 16.5. The SMILES string of the molecule is COc1cccc(C(C)CC(=O)N2CC(O)C2)c1.